The lowest BCUT2D eigenvalue weighted by Crippen LogP contribution is -1.94. The number of hydrogen-bond donors (Lipinski definition) is 0. The van der Waals surface area contributed by atoms with Gasteiger partial charge in [0.2, 0.25) is 0 Å². The van der Waals surface area contributed by atoms with Gasteiger partial charge in [0.05, 0.1) is 16.6 Å². The summed E-state index contributed by atoms with van der Waals surface area (Å²) in [6.07, 6.45) is 0. The zero-order valence-electron chi connectivity index (χ0n) is 12.8. The van der Waals surface area contributed by atoms with Gasteiger partial charge in [-0.25, -0.2) is 4.98 Å². The average Bonchev–Trinajstić information content (AvgIpc) is 2.98. The summed E-state index contributed by atoms with van der Waals surface area (Å²) >= 11 is 6.59. The summed E-state index contributed by atoms with van der Waals surface area (Å²) in [6.45, 7) is 0. The number of hydrogen-bond acceptors (Lipinski definition) is 1. The van der Waals surface area contributed by atoms with Crippen LogP contribution in [0, 0.1) is 0 Å². The lowest BCUT2D eigenvalue weighted by molar-refractivity contribution is 1.18. The molecule has 0 aliphatic heterocycles. The van der Waals surface area contributed by atoms with Crippen molar-refractivity contribution < 1.29 is 0 Å². The molecule has 0 saturated carbocycles. The van der Waals surface area contributed by atoms with Gasteiger partial charge in [-0.2, -0.15) is 0 Å². The third-order valence-electron chi connectivity index (χ3n) is 4.47. The summed E-state index contributed by atoms with van der Waals surface area (Å²) in [6, 6.07) is 26.9. The van der Waals surface area contributed by atoms with Crippen molar-refractivity contribution in [3.8, 4) is 5.69 Å². The molecule has 5 aromatic rings. The first-order valence-electron chi connectivity index (χ1n) is 7.87. The van der Waals surface area contributed by atoms with Gasteiger partial charge in [0.15, 0.2) is 0 Å². The van der Waals surface area contributed by atoms with E-state index in [2.05, 4.69) is 58.1 Å². The molecule has 3 heteroatoms. The molecule has 114 valence electrons. The molecule has 0 fully saturated rings. The van der Waals surface area contributed by atoms with E-state index >= 15 is 0 Å². The molecule has 5 rings (SSSR count). The van der Waals surface area contributed by atoms with Crippen LogP contribution in [0.1, 0.15) is 0 Å². The van der Waals surface area contributed by atoms with E-state index in [1.807, 2.05) is 30.3 Å². The highest BCUT2D eigenvalue weighted by atomic mass is 35.5. The van der Waals surface area contributed by atoms with Crippen LogP contribution >= 0.6 is 11.6 Å². The van der Waals surface area contributed by atoms with E-state index in [0.29, 0.717) is 5.15 Å². The van der Waals surface area contributed by atoms with Crippen molar-refractivity contribution in [3.63, 3.8) is 0 Å². The second kappa shape index (κ2) is 5.08. The Hall–Kier alpha value is -2.84. The van der Waals surface area contributed by atoms with E-state index in [1.165, 1.54) is 0 Å². The summed E-state index contributed by atoms with van der Waals surface area (Å²) in [5, 5.41) is 3.79. The topological polar surface area (TPSA) is 17.8 Å². The maximum atomic E-state index is 6.59. The molecule has 0 aliphatic rings. The highest BCUT2D eigenvalue weighted by molar-refractivity contribution is 6.38. The molecule has 24 heavy (non-hydrogen) atoms. The van der Waals surface area contributed by atoms with Gasteiger partial charge in [-0.15, -0.1) is 0 Å². The molecule has 3 aromatic carbocycles. The van der Waals surface area contributed by atoms with Gasteiger partial charge in [-0.05, 0) is 24.3 Å². The first kappa shape index (κ1) is 13.6. The van der Waals surface area contributed by atoms with Gasteiger partial charge in [-0.3, -0.25) is 0 Å². The third kappa shape index (κ3) is 1.81. The number of rotatable bonds is 1. The van der Waals surface area contributed by atoms with Crippen molar-refractivity contribution in [2.24, 2.45) is 0 Å². The van der Waals surface area contributed by atoms with Gasteiger partial charge in [0.25, 0.3) is 0 Å². The number of aromatic nitrogens is 2. The molecular formula is C21H13ClN2. The molecule has 0 saturated heterocycles. The Labute approximate surface area is 143 Å². The fourth-order valence-electron chi connectivity index (χ4n) is 3.48. The van der Waals surface area contributed by atoms with Crippen LogP contribution in [0.4, 0.5) is 0 Å². The van der Waals surface area contributed by atoms with Crippen molar-refractivity contribution in [2.45, 2.75) is 0 Å². The van der Waals surface area contributed by atoms with Crippen LogP contribution < -0.4 is 0 Å². The largest absolute Gasteiger partial charge is 0.308 e. The average molecular weight is 329 g/mol. The van der Waals surface area contributed by atoms with Crippen LogP contribution in [0.15, 0.2) is 78.9 Å². The zero-order chi connectivity index (χ0) is 16.1. The quantitative estimate of drug-likeness (QED) is 0.346. The Kier molecular flexibility index (Phi) is 2.88. The maximum absolute atomic E-state index is 6.59. The Bertz CT molecular complexity index is 1210. The van der Waals surface area contributed by atoms with Gasteiger partial charge in [-0.1, -0.05) is 66.2 Å². The molecule has 0 spiro atoms. The summed E-state index contributed by atoms with van der Waals surface area (Å²) in [4.78, 5) is 4.61. The molecule has 2 aromatic heterocycles. The number of para-hydroxylation sites is 3. The Balaban J connectivity index is 2.13. The van der Waals surface area contributed by atoms with E-state index in [4.69, 9.17) is 11.6 Å². The van der Waals surface area contributed by atoms with Gasteiger partial charge in [0, 0.05) is 21.8 Å². The molecule has 0 atom stereocenters. The Morgan fingerprint density at radius 1 is 0.708 bits per heavy atom. The number of pyridine rings is 1. The number of fused-ring (bicyclic) bond motifs is 5. The monoisotopic (exact) mass is 328 g/mol. The first-order valence-corrected chi connectivity index (χ1v) is 8.25. The molecule has 2 nitrogen and oxygen atoms in total. The summed E-state index contributed by atoms with van der Waals surface area (Å²) < 4.78 is 2.28. The highest BCUT2D eigenvalue weighted by Gasteiger charge is 2.17. The van der Waals surface area contributed by atoms with Crippen LogP contribution in [-0.4, -0.2) is 9.55 Å². The van der Waals surface area contributed by atoms with Gasteiger partial charge >= 0.3 is 0 Å². The lowest BCUT2D eigenvalue weighted by atomic mass is 10.1. The number of nitrogens with zero attached hydrogens (tertiary/aromatic N) is 2. The van der Waals surface area contributed by atoms with Crippen LogP contribution in [0.2, 0.25) is 5.15 Å². The van der Waals surface area contributed by atoms with Crippen molar-refractivity contribution in [2.75, 3.05) is 0 Å². The predicted octanol–water partition coefficient (Wildman–Crippen LogP) is 5.99. The standard InChI is InChI=1S/C21H13ClN2/c22-21-19-16-11-5-7-13-18(16)24(14-8-2-1-3-9-14)20(19)15-10-4-6-12-17(15)23-21/h1-13H. The fourth-order valence-corrected chi connectivity index (χ4v) is 3.76. The fraction of sp³-hybridized carbons (Fsp3) is 0. The molecule has 0 aliphatic carbocycles. The van der Waals surface area contributed by atoms with Crippen LogP contribution in [-0.2, 0) is 0 Å². The molecule has 0 amide bonds. The van der Waals surface area contributed by atoms with Crippen molar-refractivity contribution in [3.05, 3.63) is 84.0 Å². The van der Waals surface area contributed by atoms with E-state index < -0.39 is 0 Å². The van der Waals surface area contributed by atoms with Crippen LogP contribution in [0.3, 0.4) is 0 Å². The van der Waals surface area contributed by atoms with Crippen LogP contribution in [0.25, 0.3) is 38.4 Å². The smallest absolute Gasteiger partial charge is 0.139 e. The Morgan fingerprint density at radius 2 is 1.38 bits per heavy atom. The Morgan fingerprint density at radius 3 is 2.21 bits per heavy atom. The zero-order valence-corrected chi connectivity index (χ0v) is 13.5. The van der Waals surface area contributed by atoms with E-state index in [-0.39, 0.29) is 0 Å². The summed E-state index contributed by atoms with van der Waals surface area (Å²) in [7, 11) is 0. The van der Waals surface area contributed by atoms with E-state index in [0.717, 1.165) is 38.4 Å². The van der Waals surface area contributed by atoms with Gasteiger partial charge in [0.1, 0.15) is 5.15 Å². The van der Waals surface area contributed by atoms with E-state index in [1.54, 1.807) is 0 Å². The normalized spacial score (nSPS) is 11.5. The molecule has 0 N–H and O–H groups in total. The number of halogens is 1. The second-order valence-electron chi connectivity index (χ2n) is 5.83. The molecule has 0 radical (unpaired) electrons. The van der Waals surface area contributed by atoms with Crippen molar-refractivity contribution in [1.29, 1.82) is 0 Å². The minimum atomic E-state index is 0.551. The highest BCUT2D eigenvalue weighted by Crippen LogP contribution is 2.38. The molecular weight excluding hydrogens is 316 g/mol. The third-order valence-corrected chi connectivity index (χ3v) is 4.75. The van der Waals surface area contributed by atoms with Crippen LogP contribution in [0.5, 0.6) is 0 Å². The lowest BCUT2D eigenvalue weighted by Gasteiger charge is -2.09. The molecule has 0 unspecified atom stereocenters. The molecule has 0 bridgehead atoms. The van der Waals surface area contributed by atoms with E-state index in [9.17, 15) is 0 Å². The summed E-state index contributed by atoms with van der Waals surface area (Å²) in [5.74, 6) is 0. The van der Waals surface area contributed by atoms with Crippen molar-refractivity contribution in [1.82, 2.24) is 9.55 Å². The minimum absolute atomic E-state index is 0.551. The molecule has 2 heterocycles. The first-order chi connectivity index (χ1) is 11.8. The maximum Gasteiger partial charge on any atom is 0.139 e. The summed E-state index contributed by atoms with van der Waals surface area (Å²) in [5.41, 5.74) is 4.28. The number of benzene rings is 3. The predicted molar refractivity (Wildman–Crippen MR) is 101 cm³/mol. The minimum Gasteiger partial charge on any atom is -0.308 e. The SMILES string of the molecule is Clc1nc2ccccc2c2c1c1ccccc1n2-c1ccccc1. The second-order valence-corrected chi connectivity index (χ2v) is 6.19. The van der Waals surface area contributed by atoms with Gasteiger partial charge < -0.3 is 4.57 Å². The van der Waals surface area contributed by atoms with Crippen molar-refractivity contribution >= 4 is 44.3 Å².